The molecule has 11 aromatic carbocycles. The van der Waals surface area contributed by atoms with Crippen LogP contribution in [0.15, 0.2) is 278 Å². The van der Waals surface area contributed by atoms with Crippen LogP contribution < -0.4 is 4.90 Å². The van der Waals surface area contributed by atoms with E-state index in [1.54, 1.807) is 6.26 Å². The highest BCUT2D eigenvalue weighted by Crippen LogP contribution is 2.59. The van der Waals surface area contributed by atoms with Gasteiger partial charge >= 0.3 is 0 Å². The molecule has 1 aromatic heterocycles. The van der Waals surface area contributed by atoms with Gasteiger partial charge in [-0.1, -0.05) is 212 Å². The molecule has 0 fully saturated rings. The molecule has 2 nitrogen and oxygen atoms in total. The van der Waals surface area contributed by atoms with Crippen LogP contribution in [0.1, 0.15) is 44.5 Å². The summed E-state index contributed by atoms with van der Waals surface area (Å²) in [5.41, 5.74) is 20.4. The highest BCUT2D eigenvalue weighted by atomic mass is 16.3. The van der Waals surface area contributed by atoms with Gasteiger partial charge in [0.1, 0.15) is 5.58 Å². The van der Waals surface area contributed by atoms with E-state index < -0.39 is 10.8 Å². The molecule has 0 unspecified atom stereocenters. The fourth-order valence-electron chi connectivity index (χ4n) is 12.3. The lowest BCUT2D eigenvalue weighted by Crippen LogP contribution is -2.29. The first kappa shape index (κ1) is 40.1. The second-order valence-electron chi connectivity index (χ2n) is 18.8. The lowest BCUT2D eigenvalue weighted by Gasteiger charge is -2.36. The number of hydrogen-bond acceptors (Lipinski definition) is 2. The molecule has 0 N–H and O–H groups in total. The first-order valence-electron chi connectivity index (χ1n) is 24.2. The minimum Gasteiger partial charge on any atom is -0.464 e. The van der Waals surface area contributed by atoms with Gasteiger partial charge < -0.3 is 9.32 Å². The molecule has 14 rings (SSSR count). The fourth-order valence-corrected chi connectivity index (χ4v) is 12.3. The Labute approximate surface area is 408 Å². The number of rotatable bonds is 8. The summed E-state index contributed by atoms with van der Waals surface area (Å²) in [4.78, 5) is 2.50. The topological polar surface area (TPSA) is 16.4 Å². The fraction of sp³-hybridized carbons (Fsp3) is 0.0294. The Hall–Kier alpha value is -8.98. The third-order valence-electron chi connectivity index (χ3n) is 15.3. The molecule has 0 aliphatic heterocycles. The van der Waals surface area contributed by atoms with Gasteiger partial charge in [-0.25, -0.2) is 0 Å². The van der Waals surface area contributed by atoms with Crippen LogP contribution in [0, 0.1) is 0 Å². The number of hydrogen-bond donors (Lipinski definition) is 0. The molecular weight excluding hydrogens is 847 g/mol. The number of anilines is 3. The monoisotopic (exact) mass is 891 g/mol. The normalized spacial score (nSPS) is 13.7. The van der Waals surface area contributed by atoms with E-state index in [2.05, 4.69) is 266 Å². The molecule has 2 aliphatic carbocycles. The van der Waals surface area contributed by atoms with Gasteiger partial charge in [0.05, 0.1) is 17.1 Å². The molecule has 2 aliphatic rings. The molecule has 0 radical (unpaired) electrons. The highest BCUT2D eigenvalue weighted by molar-refractivity contribution is 5.96. The number of furan rings is 1. The van der Waals surface area contributed by atoms with E-state index in [0.717, 1.165) is 44.5 Å². The SMILES string of the molecule is c1ccc(C2(c3ccccc3)c3ccccc3-c3ccc(N(c4ccc5c(c4)C(c4ccccc4)(c4ccccc4)c4ccccc4-5)c4ccc5ccc(-c6ccc7ccoc7c6)cc5c4)cc32)cc1. The predicted octanol–water partition coefficient (Wildman–Crippen LogP) is 17.4. The van der Waals surface area contributed by atoms with E-state index >= 15 is 0 Å². The maximum atomic E-state index is 5.86. The van der Waals surface area contributed by atoms with Crippen molar-refractivity contribution in [1.82, 2.24) is 0 Å². The first-order chi connectivity index (χ1) is 34.7. The van der Waals surface area contributed by atoms with Gasteiger partial charge in [0.15, 0.2) is 0 Å². The average Bonchev–Trinajstić information content (AvgIpc) is 4.12. The summed E-state index contributed by atoms with van der Waals surface area (Å²) >= 11 is 0. The van der Waals surface area contributed by atoms with E-state index in [-0.39, 0.29) is 0 Å². The second-order valence-corrected chi connectivity index (χ2v) is 18.8. The summed E-state index contributed by atoms with van der Waals surface area (Å²) in [5, 5.41) is 3.44. The van der Waals surface area contributed by atoms with Crippen molar-refractivity contribution >= 4 is 38.8 Å². The Morgan fingerprint density at radius 1 is 0.271 bits per heavy atom. The average molecular weight is 892 g/mol. The molecule has 0 spiro atoms. The van der Waals surface area contributed by atoms with Gasteiger partial charge in [-0.2, -0.15) is 0 Å². The third-order valence-corrected chi connectivity index (χ3v) is 15.3. The van der Waals surface area contributed by atoms with Gasteiger partial charge in [0.25, 0.3) is 0 Å². The Bertz CT molecular complexity index is 3690. The van der Waals surface area contributed by atoms with Crippen LogP contribution in [0.3, 0.4) is 0 Å². The maximum Gasteiger partial charge on any atom is 0.134 e. The highest BCUT2D eigenvalue weighted by Gasteiger charge is 2.48. The van der Waals surface area contributed by atoms with E-state index in [1.165, 1.54) is 72.1 Å². The zero-order valence-corrected chi connectivity index (χ0v) is 38.3. The smallest absolute Gasteiger partial charge is 0.134 e. The lowest BCUT2D eigenvalue weighted by molar-refractivity contribution is 0.616. The standard InChI is InChI=1S/C68H45NO/c1-5-17-51(18-6-1)67(52-19-7-2-8-20-52)62-27-15-13-25-58(62)60-37-35-56(44-64(60)67)69(55-34-33-46-29-31-48(41-50(46)42-55)49-32-30-47-39-40-70-66(47)43-49)57-36-38-61-59-26-14-16-28-63(59)68(65(61)45-57,53-21-9-3-10-22-53)54-23-11-4-12-24-54/h1-45H. The summed E-state index contributed by atoms with van der Waals surface area (Å²) in [5.74, 6) is 0. The van der Waals surface area contributed by atoms with Crippen LogP contribution >= 0.6 is 0 Å². The summed E-state index contributed by atoms with van der Waals surface area (Å²) < 4.78 is 5.86. The molecule has 0 amide bonds. The van der Waals surface area contributed by atoms with Gasteiger partial charge in [-0.3, -0.25) is 0 Å². The molecule has 0 saturated heterocycles. The third kappa shape index (κ3) is 5.87. The second kappa shape index (κ2) is 15.8. The Balaban J connectivity index is 1.04. The number of benzene rings is 11. The van der Waals surface area contributed by atoms with Crippen molar-refractivity contribution in [2.24, 2.45) is 0 Å². The zero-order valence-electron chi connectivity index (χ0n) is 38.3. The van der Waals surface area contributed by atoms with Gasteiger partial charge in [0, 0.05) is 22.4 Å². The van der Waals surface area contributed by atoms with Crippen molar-refractivity contribution in [1.29, 1.82) is 0 Å². The van der Waals surface area contributed by atoms with E-state index in [1.807, 2.05) is 6.07 Å². The van der Waals surface area contributed by atoms with E-state index in [0.29, 0.717) is 0 Å². The van der Waals surface area contributed by atoms with Crippen LogP contribution in [-0.4, -0.2) is 0 Å². The molecule has 0 atom stereocenters. The van der Waals surface area contributed by atoms with Gasteiger partial charge in [-0.15, -0.1) is 0 Å². The van der Waals surface area contributed by atoms with Crippen LogP contribution in [-0.2, 0) is 10.8 Å². The largest absolute Gasteiger partial charge is 0.464 e. The van der Waals surface area contributed by atoms with Crippen molar-refractivity contribution in [2.75, 3.05) is 4.90 Å². The predicted molar refractivity (Wildman–Crippen MR) is 288 cm³/mol. The molecule has 0 bridgehead atoms. The zero-order chi connectivity index (χ0) is 46.2. The lowest BCUT2D eigenvalue weighted by atomic mass is 9.67. The first-order valence-corrected chi connectivity index (χ1v) is 24.2. The van der Waals surface area contributed by atoms with E-state index in [9.17, 15) is 0 Å². The Kier molecular flexibility index (Phi) is 9.06. The molecule has 328 valence electrons. The van der Waals surface area contributed by atoms with Crippen molar-refractivity contribution in [3.8, 4) is 33.4 Å². The van der Waals surface area contributed by atoms with Crippen molar-refractivity contribution in [3.05, 3.63) is 318 Å². The summed E-state index contributed by atoms with van der Waals surface area (Å²) in [7, 11) is 0. The molecule has 0 saturated carbocycles. The van der Waals surface area contributed by atoms with Gasteiger partial charge in [-0.05, 0) is 143 Å². The molecule has 12 aromatic rings. The molecule has 1 heterocycles. The van der Waals surface area contributed by atoms with Crippen molar-refractivity contribution in [2.45, 2.75) is 10.8 Å². The summed E-state index contributed by atoms with van der Waals surface area (Å²) in [6.45, 7) is 0. The summed E-state index contributed by atoms with van der Waals surface area (Å²) in [6.07, 6.45) is 1.76. The van der Waals surface area contributed by atoms with Crippen LogP contribution in [0.25, 0.3) is 55.1 Å². The number of nitrogens with zero attached hydrogens (tertiary/aromatic N) is 1. The van der Waals surface area contributed by atoms with E-state index in [4.69, 9.17) is 4.42 Å². The summed E-state index contributed by atoms with van der Waals surface area (Å²) in [6, 6.07) is 99.0. The van der Waals surface area contributed by atoms with Crippen molar-refractivity contribution in [3.63, 3.8) is 0 Å². The maximum absolute atomic E-state index is 5.86. The van der Waals surface area contributed by atoms with Gasteiger partial charge in [0.2, 0.25) is 0 Å². The Morgan fingerprint density at radius 2 is 0.671 bits per heavy atom. The molecular formula is C68H45NO. The number of fused-ring (bicyclic) bond motifs is 8. The van der Waals surface area contributed by atoms with Crippen LogP contribution in [0.2, 0.25) is 0 Å². The minimum atomic E-state index is -0.557. The van der Waals surface area contributed by atoms with Crippen LogP contribution in [0.4, 0.5) is 17.1 Å². The Morgan fingerprint density at radius 3 is 1.19 bits per heavy atom. The quantitative estimate of drug-likeness (QED) is 0.151. The van der Waals surface area contributed by atoms with Crippen LogP contribution in [0.5, 0.6) is 0 Å². The minimum absolute atomic E-state index is 0.557. The molecule has 70 heavy (non-hydrogen) atoms. The molecule has 2 heteroatoms. The van der Waals surface area contributed by atoms with Crippen molar-refractivity contribution < 1.29 is 4.42 Å².